The van der Waals surface area contributed by atoms with Gasteiger partial charge in [0, 0.05) is 19.7 Å². The van der Waals surface area contributed by atoms with Gasteiger partial charge in [0.05, 0.1) is 13.2 Å². The molecule has 8 nitrogen and oxygen atoms in total. The first-order valence-corrected chi connectivity index (χ1v) is 8.92. The van der Waals surface area contributed by atoms with Gasteiger partial charge in [0.25, 0.3) is 0 Å². The molecule has 1 aromatic carbocycles. The highest BCUT2D eigenvalue weighted by molar-refractivity contribution is 6.55. The Morgan fingerprint density at radius 1 is 1.17 bits per heavy atom. The molecule has 162 valence electrons. The highest BCUT2D eigenvalue weighted by Gasteiger charge is 2.38. The summed E-state index contributed by atoms with van der Waals surface area (Å²) < 4.78 is 41.8. The fourth-order valence-corrected chi connectivity index (χ4v) is 2.17. The molecule has 1 heterocycles. The number of amides is 2. The van der Waals surface area contributed by atoms with E-state index in [1.54, 1.807) is 0 Å². The molecule has 0 N–H and O–H groups in total. The van der Waals surface area contributed by atoms with Crippen molar-refractivity contribution in [2.24, 2.45) is 0 Å². The lowest BCUT2D eigenvalue weighted by atomic mass is 10.1. The fourth-order valence-electron chi connectivity index (χ4n) is 2.05. The number of hydrogen-bond donors (Lipinski definition) is 0. The van der Waals surface area contributed by atoms with Crippen molar-refractivity contribution in [3.05, 3.63) is 46.3 Å². The van der Waals surface area contributed by atoms with Crippen molar-refractivity contribution < 1.29 is 32.1 Å². The average molecular weight is 467 g/mol. The van der Waals surface area contributed by atoms with E-state index in [1.165, 1.54) is 44.4 Å². The van der Waals surface area contributed by atoms with Gasteiger partial charge in [-0.1, -0.05) is 52.6 Å². The second-order valence-electron chi connectivity index (χ2n) is 5.95. The molecular weight excluding hydrogens is 452 g/mol. The van der Waals surface area contributed by atoms with Crippen molar-refractivity contribution in [1.29, 1.82) is 0 Å². The molecule has 0 spiro atoms. The van der Waals surface area contributed by atoms with E-state index in [0.717, 1.165) is 9.96 Å². The number of alkyl halides is 3. The molecule has 0 bridgehead atoms. The van der Waals surface area contributed by atoms with Crippen LogP contribution >= 0.6 is 23.2 Å². The molecule has 2 rings (SSSR count). The third kappa shape index (κ3) is 6.44. The summed E-state index contributed by atoms with van der Waals surface area (Å²) in [6, 6.07) is 5.89. The lowest BCUT2D eigenvalue weighted by Crippen LogP contribution is -2.42. The summed E-state index contributed by atoms with van der Waals surface area (Å²) >= 11 is 11.0. The van der Waals surface area contributed by atoms with Crippen LogP contribution in [0.2, 0.25) is 0 Å². The Morgan fingerprint density at radius 3 is 2.30 bits per heavy atom. The van der Waals surface area contributed by atoms with Crippen LogP contribution in [0.5, 0.6) is 0 Å². The number of carbonyl (C=O) groups excluding carboxylic acids is 2. The minimum absolute atomic E-state index is 0.0796. The van der Waals surface area contributed by atoms with Gasteiger partial charge in [-0.25, -0.2) is 5.06 Å². The van der Waals surface area contributed by atoms with Crippen LogP contribution < -0.4 is 0 Å². The summed E-state index contributed by atoms with van der Waals surface area (Å²) in [6.45, 7) is -0.303. The Kier molecular flexibility index (Phi) is 7.82. The van der Waals surface area contributed by atoms with Crippen LogP contribution in [-0.2, 0) is 27.1 Å². The second-order valence-corrected chi connectivity index (χ2v) is 6.96. The zero-order valence-corrected chi connectivity index (χ0v) is 17.1. The number of benzene rings is 1. The van der Waals surface area contributed by atoms with Crippen LogP contribution in [0.3, 0.4) is 0 Å². The summed E-state index contributed by atoms with van der Waals surface area (Å²) in [5.74, 6) is -3.46. The Morgan fingerprint density at radius 2 is 1.80 bits per heavy atom. The number of hydroxylamine groups is 2. The van der Waals surface area contributed by atoms with Crippen LogP contribution in [0.4, 0.5) is 13.2 Å². The Bertz CT molecular complexity index is 926. The summed E-state index contributed by atoms with van der Waals surface area (Å²) in [6.07, 6.45) is -3.47. The molecule has 30 heavy (non-hydrogen) atoms. The Labute approximate surface area is 178 Å². The van der Waals surface area contributed by atoms with Crippen LogP contribution in [0.15, 0.2) is 39.4 Å². The Balaban J connectivity index is 2.17. The molecule has 0 saturated carbocycles. The van der Waals surface area contributed by atoms with Gasteiger partial charge in [-0.15, -0.1) is 0 Å². The maximum Gasteiger partial charge on any atom is 0.471 e. The van der Waals surface area contributed by atoms with Gasteiger partial charge in [0.2, 0.25) is 5.82 Å². The van der Waals surface area contributed by atoms with Crippen LogP contribution in [-0.4, -0.2) is 52.6 Å². The highest BCUT2D eigenvalue weighted by atomic mass is 35.5. The minimum Gasteiger partial charge on any atom is -0.340 e. The van der Waals surface area contributed by atoms with E-state index in [9.17, 15) is 22.8 Å². The molecule has 0 aliphatic rings. The van der Waals surface area contributed by atoms with Gasteiger partial charge in [0.1, 0.15) is 4.49 Å². The van der Waals surface area contributed by atoms with E-state index in [0.29, 0.717) is 5.56 Å². The maximum absolute atomic E-state index is 12.6. The smallest absolute Gasteiger partial charge is 0.340 e. The van der Waals surface area contributed by atoms with Gasteiger partial charge in [-0.3, -0.25) is 14.4 Å². The van der Waals surface area contributed by atoms with Gasteiger partial charge < -0.3 is 9.42 Å². The molecule has 2 aromatic rings. The zero-order valence-electron chi connectivity index (χ0n) is 15.6. The van der Waals surface area contributed by atoms with Gasteiger partial charge in [0.15, 0.2) is 0 Å². The number of aromatic nitrogens is 2. The van der Waals surface area contributed by atoms with Crippen LogP contribution in [0, 0.1) is 0 Å². The van der Waals surface area contributed by atoms with Gasteiger partial charge in [-0.05, 0) is 11.6 Å². The van der Waals surface area contributed by atoms with Crippen molar-refractivity contribution in [1.82, 2.24) is 20.1 Å². The molecule has 1 aromatic heterocycles. The molecule has 0 unspecified atom stereocenters. The molecule has 0 fully saturated rings. The summed E-state index contributed by atoms with van der Waals surface area (Å²) in [7, 11) is 2.81. The predicted molar refractivity (Wildman–Crippen MR) is 99.7 cm³/mol. The first kappa shape index (κ1) is 23.6. The van der Waals surface area contributed by atoms with Crippen molar-refractivity contribution in [2.45, 2.75) is 12.7 Å². The highest BCUT2D eigenvalue weighted by Crippen LogP contribution is 2.29. The minimum atomic E-state index is -4.75. The molecule has 0 saturated heterocycles. The average Bonchev–Trinajstić information content (AvgIpc) is 3.17. The molecule has 0 aliphatic heterocycles. The van der Waals surface area contributed by atoms with E-state index in [2.05, 4.69) is 14.7 Å². The number of carbonyl (C=O) groups is 2. The van der Waals surface area contributed by atoms with Gasteiger partial charge >= 0.3 is 23.9 Å². The number of halogens is 5. The lowest BCUT2D eigenvalue weighted by molar-refractivity contribution is -0.190. The van der Waals surface area contributed by atoms with Crippen LogP contribution in [0.1, 0.15) is 11.5 Å². The van der Waals surface area contributed by atoms with Gasteiger partial charge in [-0.2, -0.15) is 18.2 Å². The normalized spacial score (nSPS) is 11.2. The molecule has 0 radical (unpaired) electrons. The molecule has 2 amide bonds. The monoisotopic (exact) mass is 466 g/mol. The number of rotatable bonds is 6. The number of likely N-dealkylation sites (N-methyl/N-ethyl adjacent to an activating group) is 1. The Hall–Kier alpha value is -2.63. The quantitative estimate of drug-likeness (QED) is 0.478. The summed E-state index contributed by atoms with van der Waals surface area (Å²) in [5.41, 5.74) is 0.775. The summed E-state index contributed by atoms with van der Waals surface area (Å²) in [5, 5.41) is 4.11. The lowest BCUT2D eigenvalue weighted by Gasteiger charge is -2.22. The molecular formula is C17H15Cl2F3N4O4. The van der Waals surface area contributed by atoms with Crippen molar-refractivity contribution in [3.63, 3.8) is 0 Å². The molecule has 13 heteroatoms. The molecule has 0 aliphatic carbocycles. The van der Waals surface area contributed by atoms with E-state index in [4.69, 9.17) is 28.0 Å². The summed E-state index contributed by atoms with van der Waals surface area (Å²) in [4.78, 5) is 33.9. The van der Waals surface area contributed by atoms with E-state index < -0.39 is 23.9 Å². The second kappa shape index (κ2) is 9.92. The maximum atomic E-state index is 12.6. The third-order valence-corrected chi connectivity index (χ3v) is 3.80. The van der Waals surface area contributed by atoms with E-state index in [1.807, 2.05) is 0 Å². The third-order valence-electron chi connectivity index (χ3n) is 3.49. The first-order chi connectivity index (χ1) is 14.0. The van der Waals surface area contributed by atoms with E-state index in [-0.39, 0.29) is 29.0 Å². The standard InChI is InChI=1S/C17H15Cl2F3N4O4/c1-25(2)14(27)15(28)26(29-8-7-12(18)19)9-10-3-5-11(6-4-10)13-23-16(30-24-13)17(20,21)22/h3-7H,8-9H2,1-2H3. The predicted octanol–water partition coefficient (Wildman–Crippen LogP) is 3.42. The molecule has 0 atom stereocenters. The number of nitrogens with zero attached hydrogens (tertiary/aromatic N) is 4. The van der Waals surface area contributed by atoms with Crippen LogP contribution in [0.25, 0.3) is 11.4 Å². The zero-order chi connectivity index (χ0) is 22.5. The first-order valence-electron chi connectivity index (χ1n) is 8.16. The SMILES string of the molecule is CN(C)C(=O)C(=O)N(Cc1ccc(-c2noc(C(F)(F)F)n2)cc1)OCC=C(Cl)Cl. The largest absolute Gasteiger partial charge is 0.471 e. The van der Waals surface area contributed by atoms with Crippen molar-refractivity contribution in [2.75, 3.05) is 20.7 Å². The van der Waals surface area contributed by atoms with E-state index >= 15 is 0 Å². The fraction of sp³-hybridized carbons (Fsp3) is 0.294. The number of hydrogen-bond acceptors (Lipinski definition) is 6. The van der Waals surface area contributed by atoms with Crippen molar-refractivity contribution in [3.8, 4) is 11.4 Å². The van der Waals surface area contributed by atoms with Crippen molar-refractivity contribution >= 4 is 35.0 Å². The topological polar surface area (TPSA) is 88.8 Å².